The van der Waals surface area contributed by atoms with E-state index in [4.69, 9.17) is 0 Å². The van der Waals surface area contributed by atoms with Crippen molar-refractivity contribution in [2.45, 2.75) is 59.4 Å². The quantitative estimate of drug-likeness (QED) is 0.871. The fraction of sp³-hybridized carbons (Fsp3) is 0.450. The van der Waals surface area contributed by atoms with Gasteiger partial charge in [0.25, 0.3) is 5.91 Å². The van der Waals surface area contributed by atoms with E-state index in [1.54, 1.807) is 6.07 Å². The molecule has 0 spiro atoms. The highest BCUT2D eigenvalue weighted by Crippen LogP contribution is 2.24. The minimum atomic E-state index is -0.199. The number of aryl methyl sites for hydroxylation is 4. The van der Waals surface area contributed by atoms with Crippen LogP contribution in [0.3, 0.4) is 0 Å². The Hall–Kier alpha value is -2.43. The first-order valence-corrected chi connectivity index (χ1v) is 8.94. The number of nitrogens with one attached hydrogen (secondary N) is 2. The van der Waals surface area contributed by atoms with Gasteiger partial charge in [-0.3, -0.25) is 4.79 Å². The highest BCUT2D eigenvalue weighted by atomic mass is 16.1. The minimum Gasteiger partial charge on any atom is -0.367 e. The predicted molar refractivity (Wildman–Crippen MR) is 101 cm³/mol. The zero-order valence-corrected chi connectivity index (χ0v) is 15.4. The molecule has 1 aromatic heterocycles. The average molecular weight is 338 g/mol. The van der Waals surface area contributed by atoms with Gasteiger partial charge in [0.05, 0.1) is 0 Å². The van der Waals surface area contributed by atoms with Gasteiger partial charge in [-0.15, -0.1) is 0 Å². The number of hydrogen-bond donors (Lipinski definition) is 2. The van der Waals surface area contributed by atoms with Crippen LogP contribution in [-0.2, 0) is 0 Å². The van der Waals surface area contributed by atoms with Gasteiger partial charge in [0.15, 0.2) is 0 Å². The summed E-state index contributed by atoms with van der Waals surface area (Å²) in [6.07, 6.45) is 4.82. The first-order chi connectivity index (χ1) is 11.9. The Morgan fingerprint density at radius 1 is 1.00 bits per heavy atom. The maximum absolute atomic E-state index is 12.7. The minimum absolute atomic E-state index is 0.199. The molecule has 1 fully saturated rings. The van der Waals surface area contributed by atoms with Gasteiger partial charge in [0.2, 0.25) is 0 Å². The number of anilines is 2. The SMILES string of the molecule is Cc1cc(C)c(NC(=O)c2cc(NC3CCCC3)nc(C)n2)c(C)c1. The Morgan fingerprint density at radius 3 is 2.28 bits per heavy atom. The lowest BCUT2D eigenvalue weighted by Gasteiger charge is -2.15. The van der Waals surface area contributed by atoms with Crippen LogP contribution in [0, 0.1) is 27.7 Å². The van der Waals surface area contributed by atoms with Crippen LogP contribution in [0.25, 0.3) is 0 Å². The fourth-order valence-corrected chi connectivity index (χ4v) is 3.59. The fourth-order valence-electron chi connectivity index (χ4n) is 3.59. The van der Waals surface area contributed by atoms with Crippen molar-refractivity contribution in [2.75, 3.05) is 10.6 Å². The van der Waals surface area contributed by atoms with Crippen LogP contribution in [-0.4, -0.2) is 21.9 Å². The maximum atomic E-state index is 12.7. The van der Waals surface area contributed by atoms with Gasteiger partial charge in [0, 0.05) is 17.8 Å². The molecule has 0 aliphatic heterocycles. The molecule has 0 radical (unpaired) electrons. The van der Waals surface area contributed by atoms with Crippen molar-refractivity contribution in [2.24, 2.45) is 0 Å². The highest BCUT2D eigenvalue weighted by molar-refractivity contribution is 6.04. The summed E-state index contributed by atoms with van der Waals surface area (Å²) in [7, 11) is 0. The number of carbonyl (C=O) groups excluding carboxylic acids is 1. The van der Waals surface area contributed by atoms with Crippen molar-refractivity contribution in [3.05, 3.63) is 46.4 Å². The van der Waals surface area contributed by atoms with Gasteiger partial charge in [-0.1, -0.05) is 30.5 Å². The molecule has 132 valence electrons. The second-order valence-corrected chi connectivity index (χ2v) is 7.04. The lowest BCUT2D eigenvalue weighted by molar-refractivity contribution is 0.102. The predicted octanol–water partition coefficient (Wildman–Crippen LogP) is 4.32. The molecule has 1 aliphatic carbocycles. The van der Waals surface area contributed by atoms with E-state index < -0.39 is 0 Å². The van der Waals surface area contributed by atoms with E-state index in [9.17, 15) is 4.79 Å². The summed E-state index contributed by atoms with van der Waals surface area (Å²) >= 11 is 0. The Labute approximate surface area is 149 Å². The second-order valence-electron chi connectivity index (χ2n) is 7.04. The van der Waals surface area contributed by atoms with Crippen molar-refractivity contribution in [1.82, 2.24) is 9.97 Å². The van der Waals surface area contributed by atoms with Crippen molar-refractivity contribution in [3.63, 3.8) is 0 Å². The van der Waals surface area contributed by atoms with Gasteiger partial charge >= 0.3 is 0 Å². The molecule has 0 bridgehead atoms. The molecule has 0 atom stereocenters. The van der Waals surface area contributed by atoms with Crippen LogP contribution in [0.2, 0.25) is 0 Å². The zero-order valence-electron chi connectivity index (χ0n) is 15.4. The van der Waals surface area contributed by atoms with Crippen LogP contribution in [0.1, 0.15) is 58.7 Å². The number of benzene rings is 1. The number of amides is 1. The van der Waals surface area contributed by atoms with Gasteiger partial charge in [-0.2, -0.15) is 0 Å². The second kappa shape index (κ2) is 7.21. The lowest BCUT2D eigenvalue weighted by Crippen LogP contribution is -2.19. The smallest absolute Gasteiger partial charge is 0.274 e. The molecule has 5 heteroatoms. The summed E-state index contributed by atoms with van der Waals surface area (Å²) in [5, 5.41) is 6.45. The van der Waals surface area contributed by atoms with Crippen molar-refractivity contribution in [3.8, 4) is 0 Å². The number of rotatable bonds is 4. The van der Waals surface area contributed by atoms with Gasteiger partial charge in [0.1, 0.15) is 17.3 Å². The van der Waals surface area contributed by atoms with Crippen LogP contribution in [0.15, 0.2) is 18.2 Å². The molecule has 25 heavy (non-hydrogen) atoms. The number of nitrogens with zero attached hydrogens (tertiary/aromatic N) is 2. The number of carbonyl (C=O) groups is 1. The Bertz CT molecular complexity index is 771. The largest absolute Gasteiger partial charge is 0.367 e. The van der Waals surface area contributed by atoms with Crippen molar-refractivity contribution >= 4 is 17.4 Å². The third kappa shape index (κ3) is 4.16. The molecule has 1 heterocycles. The topological polar surface area (TPSA) is 66.9 Å². The molecular weight excluding hydrogens is 312 g/mol. The standard InChI is InChI=1S/C20H26N4O/c1-12-9-13(2)19(14(3)10-12)24-20(25)17-11-18(22-15(4)21-17)23-16-7-5-6-8-16/h9-11,16H,5-8H2,1-4H3,(H,24,25)(H,21,22,23). The summed E-state index contributed by atoms with van der Waals surface area (Å²) in [5.74, 6) is 1.14. The molecule has 1 amide bonds. The molecular formula is C20H26N4O. The van der Waals surface area contributed by atoms with Crippen LogP contribution < -0.4 is 10.6 Å². The van der Waals surface area contributed by atoms with Crippen molar-refractivity contribution < 1.29 is 4.79 Å². The normalized spacial score (nSPS) is 14.6. The Morgan fingerprint density at radius 2 is 1.64 bits per heavy atom. The van der Waals surface area contributed by atoms with Crippen LogP contribution in [0.4, 0.5) is 11.5 Å². The first kappa shape index (κ1) is 17.4. The maximum Gasteiger partial charge on any atom is 0.274 e. The molecule has 0 unspecified atom stereocenters. The van der Waals surface area contributed by atoms with E-state index in [0.29, 0.717) is 17.6 Å². The molecule has 1 saturated carbocycles. The van der Waals surface area contributed by atoms with Gasteiger partial charge in [-0.25, -0.2) is 9.97 Å². The van der Waals surface area contributed by atoms with E-state index in [-0.39, 0.29) is 5.91 Å². The molecule has 3 rings (SSSR count). The van der Waals surface area contributed by atoms with Crippen molar-refractivity contribution in [1.29, 1.82) is 0 Å². The third-order valence-corrected chi connectivity index (χ3v) is 4.69. The van der Waals surface area contributed by atoms with E-state index >= 15 is 0 Å². The molecule has 0 saturated heterocycles. The van der Waals surface area contributed by atoms with E-state index in [1.807, 2.05) is 20.8 Å². The summed E-state index contributed by atoms with van der Waals surface area (Å²) in [6, 6.07) is 6.34. The zero-order chi connectivity index (χ0) is 18.0. The number of aromatic nitrogens is 2. The Kier molecular flexibility index (Phi) is 5.02. The monoisotopic (exact) mass is 338 g/mol. The van der Waals surface area contributed by atoms with E-state index in [2.05, 4.69) is 39.7 Å². The molecule has 5 nitrogen and oxygen atoms in total. The Balaban J connectivity index is 1.81. The van der Waals surface area contributed by atoms with E-state index in [0.717, 1.165) is 35.5 Å². The van der Waals surface area contributed by atoms with Crippen LogP contribution in [0.5, 0.6) is 0 Å². The summed E-state index contributed by atoms with van der Waals surface area (Å²) < 4.78 is 0. The molecule has 1 aromatic carbocycles. The van der Waals surface area contributed by atoms with Gasteiger partial charge in [-0.05, 0) is 51.7 Å². The molecule has 2 aromatic rings. The number of hydrogen-bond acceptors (Lipinski definition) is 4. The molecule has 1 aliphatic rings. The molecule has 2 N–H and O–H groups in total. The summed E-state index contributed by atoms with van der Waals surface area (Å²) in [5.41, 5.74) is 4.56. The highest BCUT2D eigenvalue weighted by Gasteiger charge is 2.17. The lowest BCUT2D eigenvalue weighted by atomic mass is 10.0. The van der Waals surface area contributed by atoms with Gasteiger partial charge < -0.3 is 10.6 Å². The summed E-state index contributed by atoms with van der Waals surface area (Å²) in [4.78, 5) is 21.5. The van der Waals surface area contributed by atoms with Crippen LogP contribution >= 0.6 is 0 Å². The summed E-state index contributed by atoms with van der Waals surface area (Å²) in [6.45, 7) is 7.89. The first-order valence-electron chi connectivity index (χ1n) is 8.94. The average Bonchev–Trinajstić information content (AvgIpc) is 3.03. The third-order valence-electron chi connectivity index (χ3n) is 4.69. The van der Waals surface area contributed by atoms with E-state index in [1.165, 1.54) is 18.4 Å².